The molecule has 0 aromatic heterocycles. The highest BCUT2D eigenvalue weighted by molar-refractivity contribution is 7.89. The fourth-order valence-corrected chi connectivity index (χ4v) is 6.02. The Bertz CT molecular complexity index is 1370. The summed E-state index contributed by atoms with van der Waals surface area (Å²) in [6, 6.07) is 10.9. The van der Waals surface area contributed by atoms with Gasteiger partial charge in [-0.2, -0.15) is 0 Å². The minimum Gasteiger partial charge on any atom is -0.496 e. The van der Waals surface area contributed by atoms with Gasteiger partial charge >= 0.3 is 0 Å². The lowest BCUT2D eigenvalue weighted by Crippen LogP contribution is -2.49. The molecular formula is C28H36N4O7S. The van der Waals surface area contributed by atoms with Crippen molar-refractivity contribution >= 4 is 27.7 Å². The summed E-state index contributed by atoms with van der Waals surface area (Å²) in [5.74, 6) is -0.00671. The van der Waals surface area contributed by atoms with E-state index in [1.165, 1.54) is 25.3 Å². The highest BCUT2D eigenvalue weighted by Crippen LogP contribution is 2.38. The Hall–Kier alpha value is -3.64. The number of hydrogen-bond donors (Lipinski definition) is 2. The van der Waals surface area contributed by atoms with Crippen LogP contribution in [0.15, 0.2) is 47.4 Å². The lowest BCUT2D eigenvalue weighted by atomic mass is 9.73. The molecule has 12 heteroatoms. The van der Waals surface area contributed by atoms with E-state index in [2.05, 4.69) is 5.32 Å². The second-order valence-corrected chi connectivity index (χ2v) is 11.7. The first-order valence-corrected chi connectivity index (χ1v) is 14.9. The van der Waals surface area contributed by atoms with Crippen LogP contribution in [-0.2, 0) is 14.8 Å². The van der Waals surface area contributed by atoms with Crippen molar-refractivity contribution < 1.29 is 32.3 Å². The highest BCUT2D eigenvalue weighted by Gasteiger charge is 2.41. The molecule has 2 bridgehead atoms. The first-order chi connectivity index (χ1) is 19.1. The average molecular weight is 573 g/mol. The van der Waals surface area contributed by atoms with Crippen molar-refractivity contribution in [3.63, 3.8) is 0 Å². The van der Waals surface area contributed by atoms with E-state index in [0.29, 0.717) is 63.1 Å². The smallest absolute Gasteiger partial charge is 0.257 e. The molecule has 0 unspecified atom stereocenters. The molecule has 40 heavy (non-hydrogen) atoms. The number of methoxy groups -OCH3 is 1. The van der Waals surface area contributed by atoms with Crippen molar-refractivity contribution in [2.45, 2.75) is 37.0 Å². The molecule has 5 rings (SSSR count). The van der Waals surface area contributed by atoms with E-state index in [0.717, 1.165) is 0 Å². The molecule has 3 heterocycles. The van der Waals surface area contributed by atoms with E-state index < -0.39 is 21.3 Å². The predicted octanol–water partition coefficient (Wildman–Crippen LogP) is 2.02. The van der Waals surface area contributed by atoms with Gasteiger partial charge in [0.1, 0.15) is 18.1 Å². The summed E-state index contributed by atoms with van der Waals surface area (Å²) in [5.41, 5.74) is -0.107. The van der Waals surface area contributed by atoms with E-state index in [9.17, 15) is 22.8 Å². The number of para-hydroxylation sites is 1. The summed E-state index contributed by atoms with van der Waals surface area (Å²) in [7, 11) is -1.02. The topological polar surface area (TPSA) is 148 Å². The molecule has 0 aliphatic carbocycles. The van der Waals surface area contributed by atoms with Gasteiger partial charge in [-0.15, -0.1) is 0 Å². The first-order valence-electron chi connectivity index (χ1n) is 13.3. The quantitative estimate of drug-likeness (QED) is 0.569. The number of carbonyl (C=O) groups is 3. The second kappa shape index (κ2) is 12.3. The van der Waals surface area contributed by atoms with E-state index in [-0.39, 0.29) is 41.2 Å². The van der Waals surface area contributed by atoms with Crippen LogP contribution < -0.4 is 19.9 Å². The van der Waals surface area contributed by atoms with Gasteiger partial charge in [0.05, 0.1) is 35.1 Å². The maximum absolute atomic E-state index is 13.7. The summed E-state index contributed by atoms with van der Waals surface area (Å²) in [6.07, 6.45) is 3.00. The largest absolute Gasteiger partial charge is 0.496 e. The van der Waals surface area contributed by atoms with Crippen LogP contribution >= 0.6 is 0 Å². The number of primary sulfonamides is 1. The Kier molecular flexibility index (Phi) is 8.99. The summed E-state index contributed by atoms with van der Waals surface area (Å²) in [5, 5.41) is 8.11. The number of benzene rings is 2. The zero-order chi connectivity index (χ0) is 28.9. The van der Waals surface area contributed by atoms with Crippen molar-refractivity contribution in [1.29, 1.82) is 0 Å². The van der Waals surface area contributed by atoms with Crippen molar-refractivity contribution in [3.8, 4) is 11.5 Å². The standard InChI is InChI=1S/C28H36N4O7S/c1-30-27(35)28-11-5-6-14-31(26(34)22-19-20(40(29,36)37)9-10-23(22)38-2)17-18-39-24-8-4-3-7-21(24)25(33)32(15-12-28)16-13-28/h3-4,7-10,19H,5-6,11-18H2,1-2H3,(H,30,35)(H2,29,36,37). The fraction of sp³-hybridized carbons (Fsp3) is 0.464. The lowest BCUT2D eigenvalue weighted by molar-refractivity contribution is -0.133. The lowest BCUT2D eigenvalue weighted by Gasteiger charge is -2.40. The maximum atomic E-state index is 13.7. The predicted molar refractivity (Wildman–Crippen MR) is 148 cm³/mol. The average Bonchev–Trinajstić information content (AvgIpc) is 2.97. The van der Waals surface area contributed by atoms with Crippen LogP contribution in [0.25, 0.3) is 0 Å². The van der Waals surface area contributed by atoms with Gasteiger partial charge < -0.3 is 24.6 Å². The SMILES string of the molecule is CNC(=O)C12CCCCN(C(=O)c3cc(S(N)(=O)=O)ccc3OC)CCOc3ccccc3C(=O)N(CC1)CC2. The third kappa shape index (κ3) is 6.23. The van der Waals surface area contributed by atoms with Gasteiger partial charge in [-0.1, -0.05) is 18.6 Å². The summed E-state index contributed by atoms with van der Waals surface area (Å²) < 4.78 is 35.3. The molecule has 1 fully saturated rings. The van der Waals surface area contributed by atoms with Gasteiger partial charge in [0.25, 0.3) is 11.8 Å². The highest BCUT2D eigenvalue weighted by atomic mass is 32.2. The van der Waals surface area contributed by atoms with Crippen LogP contribution in [0.5, 0.6) is 11.5 Å². The molecule has 2 aromatic rings. The number of nitrogens with one attached hydrogen (secondary N) is 1. The Balaban J connectivity index is 1.66. The Labute approximate surface area is 234 Å². The van der Waals surface area contributed by atoms with Crippen molar-refractivity contribution in [3.05, 3.63) is 53.6 Å². The second-order valence-electron chi connectivity index (χ2n) is 10.2. The van der Waals surface area contributed by atoms with Crippen molar-refractivity contribution in [1.82, 2.24) is 15.1 Å². The molecule has 0 radical (unpaired) electrons. The zero-order valence-corrected chi connectivity index (χ0v) is 23.7. The molecule has 0 atom stereocenters. The van der Waals surface area contributed by atoms with Crippen LogP contribution in [0.2, 0.25) is 0 Å². The minimum absolute atomic E-state index is 0.0369. The van der Waals surface area contributed by atoms with Crippen molar-refractivity contribution in [2.24, 2.45) is 10.6 Å². The van der Waals surface area contributed by atoms with Crippen LogP contribution in [0.3, 0.4) is 0 Å². The number of rotatable bonds is 4. The zero-order valence-electron chi connectivity index (χ0n) is 22.9. The van der Waals surface area contributed by atoms with Crippen molar-refractivity contribution in [2.75, 3.05) is 46.9 Å². The number of nitrogens with two attached hydrogens (primary N) is 1. The number of amides is 3. The molecule has 0 saturated carbocycles. The van der Waals surface area contributed by atoms with Gasteiger partial charge in [0.2, 0.25) is 15.9 Å². The number of carbonyl (C=O) groups excluding carboxylic acids is 3. The van der Waals surface area contributed by atoms with Gasteiger partial charge in [-0.25, -0.2) is 13.6 Å². The molecular weight excluding hydrogens is 536 g/mol. The fourth-order valence-electron chi connectivity index (χ4n) is 5.48. The van der Waals surface area contributed by atoms with Crippen LogP contribution in [0.1, 0.15) is 52.8 Å². The first kappa shape index (κ1) is 29.3. The molecule has 3 amide bonds. The number of piperidine rings is 1. The minimum atomic E-state index is -4.04. The van der Waals surface area contributed by atoms with E-state index in [1.807, 2.05) is 0 Å². The van der Waals surface area contributed by atoms with Gasteiger partial charge in [0, 0.05) is 26.7 Å². The third-order valence-electron chi connectivity index (χ3n) is 7.80. The normalized spacial score (nSPS) is 18.1. The number of ether oxygens (including phenoxy) is 2. The van der Waals surface area contributed by atoms with E-state index in [4.69, 9.17) is 14.6 Å². The molecule has 2 aromatic carbocycles. The van der Waals surface area contributed by atoms with E-state index in [1.54, 1.807) is 41.1 Å². The maximum Gasteiger partial charge on any atom is 0.257 e. The number of hydrogen-bond acceptors (Lipinski definition) is 7. The molecule has 216 valence electrons. The van der Waals surface area contributed by atoms with Gasteiger partial charge in [-0.3, -0.25) is 14.4 Å². The Morgan fingerprint density at radius 2 is 1.75 bits per heavy atom. The van der Waals surface area contributed by atoms with Crippen LogP contribution in [0, 0.1) is 5.41 Å². The molecule has 3 aliphatic heterocycles. The summed E-state index contributed by atoms with van der Waals surface area (Å²) in [6.45, 7) is 1.56. The van der Waals surface area contributed by atoms with Crippen LogP contribution in [-0.4, -0.2) is 82.9 Å². The number of sulfonamides is 1. The monoisotopic (exact) mass is 572 g/mol. The van der Waals surface area contributed by atoms with Crippen LogP contribution in [0.4, 0.5) is 0 Å². The molecule has 1 saturated heterocycles. The number of nitrogens with zero attached hydrogens (tertiary/aromatic N) is 2. The molecule has 3 aliphatic rings. The molecule has 11 nitrogen and oxygen atoms in total. The summed E-state index contributed by atoms with van der Waals surface area (Å²) >= 11 is 0. The third-order valence-corrected chi connectivity index (χ3v) is 8.71. The number of fused-ring (bicyclic) bond motifs is 9. The van der Waals surface area contributed by atoms with Gasteiger partial charge in [0.15, 0.2) is 0 Å². The Morgan fingerprint density at radius 3 is 2.42 bits per heavy atom. The summed E-state index contributed by atoms with van der Waals surface area (Å²) in [4.78, 5) is 43.3. The molecule has 3 N–H and O–H groups in total. The Morgan fingerprint density at radius 1 is 1.02 bits per heavy atom. The van der Waals surface area contributed by atoms with E-state index >= 15 is 0 Å². The molecule has 0 spiro atoms. The van der Waals surface area contributed by atoms with Gasteiger partial charge in [-0.05, 0) is 56.0 Å².